The highest BCUT2D eigenvalue weighted by molar-refractivity contribution is 6.05. The molecule has 44 heavy (non-hydrogen) atoms. The average molecular weight is 601 g/mol. The van der Waals surface area contributed by atoms with E-state index in [1.807, 2.05) is 19.9 Å². The van der Waals surface area contributed by atoms with Crippen LogP contribution in [-0.2, 0) is 4.79 Å². The standard InChI is InChI=1S/C28H36N4O2.C10H20/c1-6-18(3)25(21-11-9-8-10-12-21)14-22-13-23(16-29-19(22)4)28(34)32-26-15-24(17-30-20(26)5)31-27(33)7-2;1-3-5-6-10-8-7-9(10)4-2/h11,13-18H,6-10,12H2,1-5H3,(H,31,33)(H,32,34);9-10H,3-8H2,1-2H3/b25-14+;. The lowest BCUT2D eigenvalue weighted by Crippen LogP contribution is -2.24. The number of nitrogens with one attached hydrogen (secondary N) is 2. The number of aromatic nitrogens is 2. The van der Waals surface area contributed by atoms with Crippen molar-refractivity contribution in [3.8, 4) is 0 Å². The fourth-order valence-electron chi connectivity index (χ4n) is 6.05. The van der Waals surface area contributed by atoms with Gasteiger partial charge in [0, 0.05) is 18.3 Å². The Bertz CT molecular complexity index is 1310. The van der Waals surface area contributed by atoms with Crippen LogP contribution in [0.1, 0.15) is 139 Å². The van der Waals surface area contributed by atoms with Gasteiger partial charge in [-0.25, -0.2) is 0 Å². The van der Waals surface area contributed by atoms with Crippen LogP contribution in [0.5, 0.6) is 0 Å². The molecular formula is C38H56N4O2. The normalized spacial score (nSPS) is 18.7. The maximum atomic E-state index is 13.1. The first kappa shape index (κ1) is 35.2. The highest BCUT2D eigenvalue weighted by Gasteiger charge is 2.27. The number of unbranched alkanes of at least 4 members (excludes halogenated alkanes) is 1. The van der Waals surface area contributed by atoms with E-state index >= 15 is 0 Å². The number of hydrogen-bond donors (Lipinski definition) is 2. The number of nitrogens with zero attached hydrogens (tertiary/aromatic N) is 2. The lowest BCUT2D eigenvalue weighted by Gasteiger charge is -2.36. The van der Waals surface area contributed by atoms with Gasteiger partial charge in [0.05, 0.1) is 28.8 Å². The molecule has 2 aliphatic carbocycles. The van der Waals surface area contributed by atoms with E-state index < -0.39 is 0 Å². The molecule has 1 fully saturated rings. The molecule has 0 aliphatic heterocycles. The molecule has 0 saturated heterocycles. The second-order valence-corrected chi connectivity index (χ2v) is 12.6. The third kappa shape index (κ3) is 10.1. The van der Waals surface area contributed by atoms with Gasteiger partial charge in [-0.3, -0.25) is 19.6 Å². The predicted octanol–water partition coefficient (Wildman–Crippen LogP) is 10.2. The molecule has 3 atom stereocenters. The van der Waals surface area contributed by atoms with Crippen molar-refractivity contribution < 1.29 is 9.59 Å². The van der Waals surface area contributed by atoms with Gasteiger partial charge in [-0.1, -0.05) is 66.4 Å². The molecule has 6 nitrogen and oxygen atoms in total. The Labute approximate surface area is 266 Å². The van der Waals surface area contributed by atoms with Crippen molar-refractivity contribution in [2.45, 2.75) is 126 Å². The lowest BCUT2D eigenvalue weighted by atomic mass is 9.70. The van der Waals surface area contributed by atoms with E-state index in [4.69, 9.17) is 0 Å². The first-order valence-corrected chi connectivity index (χ1v) is 17.2. The number of carbonyl (C=O) groups excluding carboxylic acids is 2. The number of rotatable bonds is 12. The van der Waals surface area contributed by atoms with Crippen LogP contribution in [0, 0.1) is 31.6 Å². The Morgan fingerprint density at radius 1 is 0.977 bits per heavy atom. The zero-order valence-corrected chi connectivity index (χ0v) is 28.4. The molecule has 2 aromatic heterocycles. The van der Waals surface area contributed by atoms with Crippen molar-refractivity contribution in [2.24, 2.45) is 17.8 Å². The Balaban J connectivity index is 0.000000448. The monoisotopic (exact) mass is 600 g/mol. The van der Waals surface area contributed by atoms with E-state index in [0.717, 1.165) is 42.4 Å². The summed E-state index contributed by atoms with van der Waals surface area (Å²) in [5.74, 6) is 2.30. The quantitative estimate of drug-likeness (QED) is 0.254. The second kappa shape index (κ2) is 17.9. The molecule has 3 unspecified atom stereocenters. The number of carbonyl (C=O) groups is 2. The summed E-state index contributed by atoms with van der Waals surface area (Å²) in [6, 6.07) is 3.64. The molecule has 2 heterocycles. The van der Waals surface area contributed by atoms with Crippen molar-refractivity contribution in [3.63, 3.8) is 0 Å². The molecule has 0 aromatic carbocycles. The average Bonchev–Trinajstić information content (AvgIpc) is 3.02. The summed E-state index contributed by atoms with van der Waals surface area (Å²) in [6.45, 7) is 14.7. The number of pyridine rings is 2. The third-order valence-electron chi connectivity index (χ3n) is 9.47. The van der Waals surface area contributed by atoms with Gasteiger partial charge < -0.3 is 10.6 Å². The van der Waals surface area contributed by atoms with Crippen LogP contribution in [0.2, 0.25) is 0 Å². The van der Waals surface area contributed by atoms with Crippen molar-refractivity contribution in [1.29, 1.82) is 0 Å². The molecule has 2 aromatic rings. The summed E-state index contributed by atoms with van der Waals surface area (Å²) in [5, 5.41) is 5.71. The minimum atomic E-state index is -0.256. The Hall–Kier alpha value is -3.28. The van der Waals surface area contributed by atoms with E-state index in [0.29, 0.717) is 35.0 Å². The molecule has 6 heteroatoms. The maximum Gasteiger partial charge on any atom is 0.257 e. The van der Waals surface area contributed by atoms with Crippen LogP contribution in [0.3, 0.4) is 0 Å². The molecular weight excluding hydrogens is 544 g/mol. The van der Waals surface area contributed by atoms with Gasteiger partial charge in [-0.2, -0.15) is 0 Å². The molecule has 2 amide bonds. The fraction of sp³-hybridized carbons (Fsp3) is 0.579. The number of hydrogen-bond acceptors (Lipinski definition) is 4. The lowest BCUT2D eigenvalue weighted by molar-refractivity contribution is -0.115. The van der Waals surface area contributed by atoms with Crippen LogP contribution < -0.4 is 10.6 Å². The Kier molecular flexibility index (Phi) is 14.3. The number of aryl methyl sites for hydroxylation is 2. The molecule has 2 aliphatic rings. The summed E-state index contributed by atoms with van der Waals surface area (Å²) >= 11 is 0. The molecule has 2 N–H and O–H groups in total. The van der Waals surface area contributed by atoms with Gasteiger partial charge in [-0.15, -0.1) is 0 Å². The zero-order chi connectivity index (χ0) is 32.1. The van der Waals surface area contributed by atoms with Crippen LogP contribution in [-0.4, -0.2) is 21.8 Å². The van der Waals surface area contributed by atoms with Gasteiger partial charge in [0.2, 0.25) is 5.91 Å². The molecule has 4 rings (SSSR count). The minimum absolute atomic E-state index is 0.104. The molecule has 0 bridgehead atoms. The van der Waals surface area contributed by atoms with Gasteiger partial charge in [-0.05, 0) is 111 Å². The van der Waals surface area contributed by atoms with E-state index in [1.165, 1.54) is 62.5 Å². The van der Waals surface area contributed by atoms with Crippen LogP contribution in [0.15, 0.2) is 41.7 Å². The van der Waals surface area contributed by atoms with Crippen LogP contribution in [0.25, 0.3) is 6.08 Å². The van der Waals surface area contributed by atoms with Gasteiger partial charge >= 0.3 is 0 Å². The third-order valence-corrected chi connectivity index (χ3v) is 9.47. The summed E-state index contributed by atoms with van der Waals surface area (Å²) in [6.07, 6.45) is 22.8. The fourth-order valence-corrected chi connectivity index (χ4v) is 6.05. The Morgan fingerprint density at radius 2 is 1.73 bits per heavy atom. The van der Waals surface area contributed by atoms with Crippen LogP contribution >= 0.6 is 0 Å². The first-order chi connectivity index (χ1) is 21.2. The van der Waals surface area contributed by atoms with Crippen molar-refractivity contribution in [3.05, 3.63) is 64.3 Å². The summed E-state index contributed by atoms with van der Waals surface area (Å²) < 4.78 is 0. The van der Waals surface area contributed by atoms with Crippen molar-refractivity contribution in [2.75, 3.05) is 10.6 Å². The summed E-state index contributed by atoms with van der Waals surface area (Å²) in [7, 11) is 0. The highest BCUT2D eigenvalue weighted by atomic mass is 16.2. The second-order valence-electron chi connectivity index (χ2n) is 12.6. The predicted molar refractivity (Wildman–Crippen MR) is 185 cm³/mol. The van der Waals surface area contributed by atoms with E-state index in [1.54, 1.807) is 25.4 Å². The van der Waals surface area contributed by atoms with E-state index in [-0.39, 0.29) is 11.8 Å². The Morgan fingerprint density at radius 3 is 2.34 bits per heavy atom. The smallest absolute Gasteiger partial charge is 0.257 e. The van der Waals surface area contributed by atoms with Crippen LogP contribution in [0.4, 0.5) is 11.4 Å². The highest BCUT2D eigenvalue weighted by Crippen LogP contribution is 2.39. The van der Waals surface area contributed by atoms with Crippen molar-refractivity contribution in [1.82, 2.24) is 9.97 Å². The molecule has 0 radical (unpaired) electrons. The summed E-state index contributed by atoms with van der Waals surface area (Å²) in [4.78, 5) is 33.6. The van der Waals surface area contributed by atoms with Gasteiger partial charge in [0.15, 0.2) is 0 Å². The number of allylic oxidation sites excluding steroid dienone is 3. The SMILES string of the molecule is CCC(=O)Nc1cnc(C)c(NC(=O)c2cnc(C)c(/C=C(/C3=CCCCC3)C(C)CC)c2)c1.CCCCC1CCC1CC. The molecule has 0 spiro atoms. The largest absolute Gasteiger partial charge is 0.325 e. The molecule has 1 saturated carbocycles. The maximum absolute atomic E-state index is 13.1. The zero-order valence-electron chi connectivity index (χ0n) is 28.4. The first-order valence-electron chi connectivity index (χ1n) is 17.2. The van der Waals surface area contributed by atoms with Gasteiger partial charge in [0.25, 0.3) is 5.91 Å². The minimum Gasteiger partial charge on any atom is -0.325 e. The van der Waals surface area contributed by atoms with Crippen molar-refractivity contribution >= 4 is 29.3 Å². The van der Waals surface area contributed by atoms with E-state index in [2.05, 4.69) is 60.4 Å². The van der Waals surface area contributed by atoms with E-state index in [9.17, 15) is 9.59 Å². The number of anilines is 2. The topological polar surface area (TPSA) is 84.0 Å². The summed E-state index contributed by atoms with van der Waals surface area (Å²) in [5.41, 5.74) is 6.92. The molecule has 240 valence electrons. The van der Waals surface area contributed by atoms with Gasteiger partial charge in [0.1, 0.15) is 0 Å². The number of amides is 2.